The zero-order chi connectivity index (χ0) is 12.3. The molecule has 2 nitrogen and oxygen atoms in total. The molecule has 1 aromatic rings. The number of halogens is 1. The molecule has 0 radical (unpaired) electrons. The summed E-state index contributed by atoms with van der Waals surface area (Å²) in [4.78, 5) is 1.98. The molecule has 0 amide bonds. The average molecular weight is 225 g/mol. The molecule has 0 saturated carbocycles. The third-order valence-corrected chi connectivity index (χ3v) is 2.66. The first-order chi connectivity index (χ1) is 7.41. The van der Waals surface area contributed by atoms with Crippen molar-refractivity contribution in [2.45, 2.75) is 26.4 Å². The Balaban J connectivity index is 2.86. The van der Waals surface area contributed by atoms with Crippen LogP contribution in [-0.4, -0.2) is 30.6 Å². The highest BCUT2D eigenvalue weighted by Crippen LogP contribution is 2.25. The molecule has 1 unspecified atom stereocenters. The van der Waals surface area contributed by atoms with E-state index in [9.17, 15) is 9.50 Å². The second kappa shape index (κ2) is 5.41. The number of aliphatic hydroxyl groups excluding tert-OH is 1. The van der Waals surface area contributed by atoms with E-state index in [0.717, 1.165) is 17.7 Å². The number of nitrogens with zero attached hydrogens (tertiary/aromatic N) is 1. The molecule has 0 heterocycles. The van der Waals surface area contributed by atoms with Gasteiger partial charge < -0.3 is 10.0 Å². The van der Waals surface area contributed by atoms with Gasteiger partial charge in [-0.05, 0) is 51.6 Å². The van der Waals surface area contributed by atoms with E-state index in [1.165, 1.54) is 6.07 Å². The van der Waals surface area contributed by atoms with Crippen LogP contribution in [0, 0.1) is 19.7 Å². The Bertz CT molecular complexity index is 340. The van der Waals surface area contributed by atoms with Crippen LogP contribution in [0.5, 0.6) is 0 Å². The van der Waals surface area contributed by atoms with Gasteiger partial charge in [-0.2, -0.15) is 0 Å². The molecule has 0 fully saturated rings. The van der Waals surface area contributed by atoms with Gasteiger partial charge in [0.05, 0.1) is 6.10 Å². The lowest BCUT2D eigenvalue weighted by molar-refractivity contribution is 0.149. The maximum absolute atomic E-state index is 13.7. The second-order valence-electron chi connectivity index (χ2n) is 4.59. The standard InChI is InChI=1S/C13H20FNO/c1-9-7-10(2)13(11(14)8-9)12(16)5-6-15(3)4/h7-8,12,16H,5-6H2,1-4H3. The molecule has 0 spiro atoms. The van der Waals surface area contributed by atoms with Crippen LogP contribution in [0.1, 0.15) is 29.2 Å². The molecular weight excluding hydrogens is 205 g/mol. The molecule has 0 aromatic heterocycles. The van der Waals surface area contributed by atoms with Gasteiger partial charge in [0, 0.05) is 12.1 Å². The Morgan fingerprint density at radius 2 is 1.94 bits per heavy atom. The molecule has 1 atom stereocenters. The third kappa shape index (κ3) is 3.29. The minimum Gasteiger partial charge on any atom is -0.388 e. The summed E-state index contributed by atoms with van der Waals surface area (Å²) in [7, 11) is 3.87. The number of hydrogen-bond acceptors (Lipinski definition) is 2. The monoisotopic (exact) mass is 225 g/mol. The lowest BCUT2D eigenvalue weighted by atomic mass is 9.98. The molecule has 0 aliphatic rings. The summed E-state index contributed by atoms with van der Waals surface area (Å²) in [5, 5.41) is 9.96. The molecule has 0 saturated heterocycles. The Morgan fingerprint density at radius 3 is 2.44 bits per heavy atom. The summed E-state index contributed by atoms with van der Waals surface area (Å²) in [5.41, 5.74) is 2.15. The van der Waals surface area contributed by atoms with Gasteiger partial charge in [0.1, 0.15) is 5.82 Å². The van der Waals surface area contributed by atoms with Crippen molar-refractivity contribution in [2.75, 3.05) is 20.6 Å². The van der Waals surface area contributed by atoms with Crippen molar-refractivity contribution in [3.8, 4) is 0 Å². The van der Waals surface area contributed by atoms with Gasteiger partial charge in [0.2, 0.25) is 0 Å². The Morgan fingerprint density at radius 1 is 1.31 bits per heavy atom. The van der Waals surface area contributed by atoms with Crippen molar-refractivity contribution in [2.24, 2.45) is 0 Å². The van der Waals surface area contributed by atoms with Crippen LogP contribution in [0.2, 0.25) is 0 Å². The summed E-state index contributed by atoms with van der Waals surface area (Å²) in [6.07, 6.45) is -0.170. The van der Waals surface area contributed by atoms with E-state index >= 15 is 0 Å². The highest BCUT2D eigenvalue weighted by Gasteiger charge is 2.16. The fourth-order valence-corrected chi connectivity index (χ4v) is 1.87. The van der Waals surface area contributed by atoms with Crippen molar-refractivity contribution >= 4 is 0 Å². The summed E-state index contributed by atoms with van der Waals surface area (Å²) in [6.45, 7) is 4.43. The topological polar surface area (TPSA) is 23.5 Å². The van der Waals surface area contributed by atoms with Gasteiger partial charge >= 0.3 is 0 Å². The van der Waals surface area contributed by atoms with Crippen molar-refractivity contribution in [1.82, 2.24) is 4.90 Å². The molecule has 3 heteroatoms. The first-order valence-electron chi connectivity index (χ1n) is 5.51. The van der Waals surface area contributed by atoms with Crippen molar-refractivity contribution in [3.63, 3.8) is 0 Å². The molecule has 90 valence electrons. The summed E-state index contributed by atoms with van der Waals surface area (Å²) < 4.78 is 13.7. The quantitative estimate of drug-likeness (QED) is 0.850. The van der Waals surface area contributed by atoms with E-state index < -0.39 is 6.10 Å². The maximum Gasteiger partial charge on any atom is 0.129 e. The number of aliphatic hydroxyl groups is 1. The number of rotatable bonds is 4. The molecular formula is C13H20FNO. The van der Waals surface area contributed by atoms with E-state index in [0.29, 0.717) is 12.0 Å². The smallest absolute Gasteiger partial charge is 0.129 e. The first kappa shape index (κ1) is 13.1. The lowest BCUT2D eigenvalue weighted by Gasteiger charge is -2.17. The molecule has 1 aromatic carbocycles. The minimum atomic E-state index is -0.719. The van der Waals surface area contributed by atoms with E-state index in [4.69, 9.17) is 0 Å². The Labute approximate surface area is 96.7 Å². The predicted octanol–water partition coefficient (Wildman–Crippen LogP) is 2.43. The van der Waals surface area contributed by atoms with Gasteiger partial charge in [0.15, 0.2) is 0 Å². The summed E-state index contributed by atoms with van der Waals surface area (Å²) >= 11 is 0. The summed E-state index contributed by atoms with van der Waals surface area (Å²) in [5.74, 6) is -0.302. The molecule has 0 aliphatic heterocycles. The van der Waals surface area contributed by atoms with Crippen LogP contribution in [0.15, 0.2) is 12.1 Å². The largest absolute Gasteiger partial charge is 0.388 e. The van der Waals surface area contributed by atoms with Crippen LogP contribution in [-0.2, 0) is 0 Å². The van der Waals surface area contributed by atoms with E-state index in [1.807, 2.05) is 38.9 Å². The number of hydrogen-bond donors (Lipinski definition) is 1. The predicted molar refractivity (Wildman–Crippen MR) is 64.0 cm³/mol. The lowest BCUT2D eigenvalue weighted by Crippen LogP contribution is -2.17. The van der Waals surface area contributed by atoms with Crippen LogP contribution in [0.25, 0.3) is 0 Å². The number of benzene rings is 1. The Kier molecular flexibility index (Phi) is 4.44. The normalized spacial score (nSPS) is 13.2. The fraction of sp³-hybridized carbons (Fsp3) is 0.538. The molecule has 1 rings (SSSR count). The Hall–Kier alpha value is -0.930. The van der Waals surface area contributed by atoms with Crippen molar-refractivity contribution in [1.29, 1.82) is 0 Å². The van der Waals surface area contributed by atoms with Crippen LogP contribution in [0.3, 0.4) is 0 Å². The highest BCUT2D eigenvalue weighted by atomic mass is 19.1. The van der Waals surface area contributed by atoms with E-state index in [2.05, 4.69) is 0 Å². The number of aryl methyl sites for hydroxylation is 2. The van der Waals surface area contributed by atoms with Gasteiger partial charge in [-0.1, -0.05) is 6.07 Å². The van der Waals surface area contributed by atoms with Gasteiger partial charge in [-0.15, -0.1) is 0 Å². The van der Waals surface area contributed by atoms with E-state index in [1.54, 1.807) is 0 Å². The zero-order valence-corrected chi connectivity index (χ0v) is 10.4. The highest BCUT2D eigenvalue weighted by molar-refractivity contribution is 5.33. The van der Waals surface area contributed by atoms with Gasteiger partial charge in [-0.25, -0.2) is 4.39 Å². The maximum atomic E-state index is 13.7. The molecule has 0 aliphatic carbocycles. The van der Waals surface area contributed by atoms with Crippen LogP contribution in [0.4, 0.5) is 4.39 Å². The average Bonchev–Trinajstić information content (AvgIpc) is 2.12. The molecule has 1 N–H and O–H groups in total. The van der Waals surface area contributed by atoms with Gasteiger partial charge in [0.25, 0.3) is 0 Å². The second-order valence-corrected chi connectivity index (χ2v) is 4.59. The van der Waals surface area contributed by atoms with Crippen molar-refractivity contribution in [3.05, 3.63) is 34.6 Å². The third-order valence-electron chi connectivity index (χ3n) is 2.66. The summed E-state index contributed by atoms with van der Waals surface area (Å²) in [6, 6.07) is 3.37. The van der Waals surface area contributed by atoms with E-state index in [-0.39, 0.29) is 5.82 Å². The fourth-order valence-electron chi connectivity index (χ4n) is 1.87. The minimum absolute atomic E-state index is 0.302. The van der Waals surface area contributed by atoms with Crippen LogP contribution >= 0.6 is 0 Å². The first-order valence-corrected chi connectivity index (χ1v) is 5.51. The molecule has 16 heavy (non-hydrogen) atoms. The van der Waals surface area contributed by atoms with Gasteiger partial charge in [-0.3, -0.25) is 0 Å². The van der Waals surface area contributed by atoms with Crippen molar-refractivity contribution < 1.29 is 9.50 Å². The zero-order valence-electron chi connectivity index (χ0n) is 10.4. The van der Waals surface area contributed by atoms with Crippen LogP contribution < -0.4 is 0 Å². The SMILES string of the molecule is Cc1cc(C)c(C(O)CCN(C)C)c(F)c1. The molecule has 0 bridgehead atoms.